The monoisotopic (exact) mass is 396 g/mol. The topological polar surface area (TPSA) is 89.9 Å². The molecule has 0 atom stereocenters. The van der Waals surface area contributed by atoms with Crippen LogP contribution in [0.3, 0.4) is 0 Å². The maximum Gasteiger partial charge on any atom is 0.338 e. The van der Waals surface area contributed by atoms with Crippen molar-refractivity contribution >= 4 is 18.2 Å². The molecule has 0 aliphatic carbocycles. The van der Waals surface area contributed by atoms with Crippen LogP contribution in [0, 0.1) is 4.77 Å². The molecule has 8 heteroatoms. The molecule has 0 fully saturated rings. The highest BCUT2D eigenvalue weighted by Gasteiger charge is 2.07. The Morgan fingerprint density at radius 3 is 2.57 bits per heavy atom. The van der Waals surface area contributed by atoms with Gasteiger partial charge in [-0.05, 0) is 48.8 Å². The molecule has 0 aliphatic rings. The summed E-state index contributed by atoms with van der Waals surface area (Å²) in [4.78, 5) is 34.6. The van der Waals surface area contributed by atoms with E-state index in [2.05, 4.69) is 15.0 Å². The molecule has 0 spiro atoms. The first-order valence-corrected chi connectivity index (χ1v) is 9.30. The number of aromatic nitrogens is 4. The largest absolute Gasteiger partial charge is 0.462 e. The molecule has 1 N–H and O–H groups in total. The third-order valence-electron chi connectivity index (χ3n) is 4.20. The smallest absolute Gasteiger partial charge is 0.338 e. The van der Waals surface area contributed by atoms with Gasteiger partial charge in [0.2, 0.25) is 0 Å². The number of rotatable bonds is 7. The van der Waals surface area contributed by atoms with Crippen molar-refractivity contribution in [2.24, 2.45) is 0 Å². The Balaban J connectivity index is 1.72. The van der Waals surface area contributed by atoms with Crippen molar-refractivity contribution in [3.8, 4) is 0 Å². The van der Waals surface area contributed by atoms with Gasteiger partial charge in [0.1, 0.15) is 6.33 Å². The number of nitrogens with one attached hydrogen (secondary N) is 1. The molecule has 2 aromatic heterocycles. The summed E-state index contributed by atoms with van der Waals surface area (Å²) in [6, 6.07) is 7.29. The molecule has 3 rings (SSSR count). The van der Waals surface area contributed by atoms with E-state index in [1.54, 1.807) is 37.6 Å². The van der Waals surface area contributed by atoms with Gasteiger partial charge >= 0.3 is 5.97 Å². The lowest BCUT2D eigenvalue weighted by Gasteiger charge is -2.10. The van der Waals surface area contributed by atoms with Crippen LogP contribution in [-0.2, 0) is 24.1 Å². The van der Waals surface area contributed by atoms with Gasteiger partial charge in [0.25, 0.3) is 5.56 Å². The van der Waals surface area contributed by atoms with Crippen LogP contribution in [0.15, 0.2) is 54.0 Å². The van der Waals surface area contributed by atoms with E-state index >= 15 is 0 Å². The molecule has 144 valence electrons. The number of esters is 1. The third kappa shape index (κ3) is 4.98. The molecule has 0 saturated carbocycles. The Kier molecular flexibility index (Phi) is 6.44. The van der Waals surface area contributed by atoms with Crippen molar-refractivity contribution in [2.75, 3.05) is 6.61 Å². The highest BCUT2D eigenvalue weighted by molar-refractivity contribution is 7.71. The number of carbonyl (C=O) groups is 1. The molecule has 0 bridgehead atoms. The van der Waals surface area contributed by atoms with E-state index in [-0.39, 0.29) is 11.5 Å². The molecule has 28 heavy (non-hydrogen) atoms. The summed E-state index contributed by atoms with van der Waals surface area (Å²) in [5.41, 5.74) is 2.83. The summed E-state index contributed by atoms with van der Waals surface area (Å²) in [5.74, 6) is -0.327. The predicted molar refractivity (Wildman–Crippen MR) is 107 cm³/mol. The molecule has 1 aromatic carbocycles. The maximum atomic E-state index is 12.2. The number of hydrogen-bond donors (Lipinski definition) is 1. The van der Waals surface area contributed by atoms with Crippen LogP contribution in [0.25, 0.3) is 0 Å². The van der Waals surface area contributed by atoms with Gasteiger partial charge < -0.3 is 9.30 Å². The summed E-state index contributed by atoms with van der Waals surface area (Å²) < 4.78 is 7.21. The average Bonchev–Trinajstić information content (AvgIpc) is 2.70. The number of nitrogens with zero attached hydrogens (tertiary/aromatic N) is 3. The van der Waals surface area contributed by atoms with Gasteiger partial charge in [-0.3, -0.25) is 9.78 Å². The molecule has 0 aliphatic heterocycles. The van der Waals surface area contributed by atoms with Gasteiger partial charge in [0.05, 0.1) is 12.2 Å². The van der Waals surface area contributed by atoms with Crippen molar-refractivity contribution in [1.82, 2.24) is 19.5 Å². The lowest BCUT2D eigenvalue weighted by atomic mass is 10.1. The molecule has 2 heterocycles. The zero-order valence-electron chi connectivity index (χ0n) is 15.4. The Bertz CT molecular complexity index is 1060. The summed E-state index contributed by atoms with van der Waals surface area (Å²) in [6.45, 7) is 2.73. The quantitative estimate of drug-likeness (QED) is 0.488. The van der Waals surface area contributed by atoms with Gasteiger partial charge in [0.15, 0.2) is 4.77 Å². The number of ether oxygens (including phenoxy) is 1. The van der Waals surface area contributed by atoms with Crippen molar-refractivity contribution in [3.05, 3.63) is 86.6 Å². The minimum absolute atomic E-state index is 0.205. The fourth-order valence-electron chi connectivity index (χ4n) is 2.76. The first kappa shape index (κ1) is 19.6. The van der Waals surface area contributed by atoms with Gasteiger partial charge in [-0.2, -0.15) is 0 Å². The zero-order chi connectivity index (χ0) is 19.9. The van der Waals surface area contributed by atoms with E-state index in [0.717, 1.165) is 11.1 Å². The molecule has 0 amide bonds. The number of aromatic amines is 1. The Morgan fingerprint density at radius 1 is 1.18 bits per heavy atom. The van der Waals surface area contributed by atoms with Crippen LogP contribution in [0.5, 0.6) is 0 Å². The lowest BCUT2D eigenvalue weighted by Crippen LogP contribution is -2.19. The first-order chi connectivity index (χ1) is 13.6. The lowest BCUT2D eigenvalue weighted by molar-refractivity contribution is 0.0526. The molecular weight excluding hydrogens is 376 g/mol. The van der Waals surface area contributed by atoms with Gasteiger partial charge in [-0.25, -0.2) is 14.8 Å². The van der Waals surface area contributed by atoms with E-state index in [1.165, 1.54) is 6.33 Å². The van der Waals surface area contributed by atoms with E-state index in [1.807, 2.05) is 16.7 Å². The molecule has 0 radical (unpaired) electrons. The van der Waals surface area contributed by atoms with Crippen LogP contribution in [-0.4, -0.2) is 32.1 Å². The van der Waals surface area contributed by atoms with Crippen LogP contribution in [0.4, 0.5) is 0 Å². The Morgan fingerprint density at radius 2 is 1.89 bits per heavy atom. The van der Waals surface area contributed by atoms with E-state index < -0.39 is 0 Å². The Hall–Kier alpha value is -3.13. The second-order valence-corrected chi connectivity index (χ2v) is 6.58. The van der Waals surface area contributed by atoms with Gasteiger partial charge in [-0.15, -0.1) is 0 Å². The fourth-order valence-corrected chi connectivity index (χ4v) is 3.00. The standard InChI is InChI=1S/C20H20N4O3S/c1-2-27-19(26)16-5-3-14(4-6-16)7-8-24-12-17(18(25)23-20(24)28)9-15-10-21-13-22-11-15/h3-6,10-13H,2,7-9H2,1H3,(H,23,25,28). The molecule has 0 unspecified atom stereocenters. The summed E-state index contributed by atoms with van der Waals surface area (Å²) in [7, 11) is 0. The number of H-pyrrole nitrogens is 1. The summed E-state index contributed by atoms with van der Waals surface area (Å²) in [6.07, 6.45) is 7.74. The van der Waals surface area contributed by atoms with Crippen LogP contribution in [0.1, 0.15) is 34.0 Å². The van der Waals surface area contributed by atoms with Gasteiger partial charge in [0, 0.05) is 37.1 Å². The minimum atomic E-state index is -0.327. The van der Waals surface area contributed by atoms with Gasteiger partial charge in [-0.1, -0.05) is 12.1 Å². The van der Waals surface area contributed by atoms with Crippen molar-refractivity contribution in [1.29, 1.82) is 0 Å². The minimum Gasteiger partial charge on any atom is -0.462 e. The summed E-state index contributed by atoms with van der Waals surface area (Å²) >= 11 is 5.28. The first-order valence-electron chi connectivity index (χ1n) is 8.89. The predicted octanol–water partition coefficient (Wildman–Crippen LogP) is 2.71. The number of hydrogen-bond acceptors (Lipinski definition) is 6. The zero-order valence-corrected chi connectivity index (χ0v) is 16.2. The molecule has 3 aromatic rings. The second-order valence-electron chi connectivity index (χ2n) is 6.20. The maximum absolute atomic E-state index is 12.2. The molecular formula is C20H20N4O3S. The van der Waals surface area contributed by atoms with Crippen LogP contribution in [0.2, 0.25) is 0 Å². The number of carbonyl (C=O) groups excluding carboxylic acids is 1. The molecule has 7 nitrogen and oxygen atoms in total. The number of benzene rings is 1. The number of aryl methyl sites for hydroxylation is 2. The van der Waals surface area contributed by atoms with E-state index in [0.29, 0.717) is 41.9 Å². The van der Waals surface area contributed by atoms with Crippen molar-refractivity contribution in [3.63, 3.8) is 0 Å². The third-order valence-corrected chi connectivity index (χ3v) is 4.54. The van der Waals surface area contributed by atoms with E-state index in [4.69, 9.17) is 17.0 Å². The van der Waals surface area contributed by atoms with E-state index in [9.17, 15) is 9.59 Å². The fraction of sp³-hybridized carbons (Fsp3) is 0.250. The average molecular weight is 396 g/mol. The van der Waals surface area contributed by atoms with Crippen LogP contribution >= 0.6 is 12.2 Å². The normalized spacial score (nSPS) is 10.6. The van der Waals surface area contributed by atoms with Crippen LogP contribution < -0.4 is 5.56 Å². The second kappa shape index (κ2) is 9.18. The van der Waals surface area contributed by atoms with Crippen molar-refractivity contribution < 1.29 is 9.53 Å². The summed E-state index contributed by atoms with van der Waals surface area (Å²) in [5, 5.41) is 0. The SMILES string of the molecule is CCOC(=O)c1ccc(CCn2cc(Cc3cncnc3)c(=O)[nH]c2=S)cc1. The highest BCUT2D eigenvalue weighted by atomic mass is 32.1. The van der Waals surface area contributed by atoms with Crippen molar-refractivity contribution in [2.45, 2.75) is 26.3 Å². The highest BCUT2D eigenvalue weighted by Crippen LogP contribution is 2.09. The molecule has 0 saturated heterocycles. The Labute approximate surface area is 167 Å².